The lowest BCUT2D eigenvalue weighted by Crippen LogP contribution is -1.80. The Hall–Kier alpha value is -0.200. The van der Waals surface area contributed by atoms with Gasteiger partial charge in [-0.2, -0.15) is 0 Å². The van der Waals surface area contributed by atoms with E-state index in [2.05, 4.69) is 20.8 Å². The Labute approximate surface area is 113 Å². The van der Waals surface area contributed by atoms with Crippen molar-refractivity contribution in [2.24, 2.45) is 0 Å². The van der Waals surface area contributed by atoms with Crippen molar-refractivity contribution in [3.05, 3.63) is 33.8 Å². The van der Waals surface area contributed by atoms with Crippen LogP contribution in [0.1, 0.15) is 55.0 Å². The van der Waals surface area contributed by atoms with E-state index in [4.69, 9.17) is 23.2 Å². The zero-order chi connectivity index (χ0) is 10.3. The number of halogens is 2. The summed E-state index contributed by atoms with van der Waals surface area (Å²) in [6.07, 6.45) is 2.18. The summed E-state index contributed by atoms with van der Waals surface area (Å²) >= 11 is 11.6. The van der Waals surface area contributed by atoms with Crippen LogP contribution in [0, 0.1) is 0 Å². The molecule has 0 saturated heterocycles. The number of benzene rings is 1. The second-order valence-electron chi connectivity index (χ2n) is 2.77. The summed E-state index contributed by atoms with van der Waals surface area (Å²) in [7, 11) is 0. The normalized spacial score (nSPS) is 7.31. The molecule has 0 N–H and O–H groups in total. The molecule has 0 nitrogen and oxygen atoms in total. The van der Waals surface area contributed by atoms with Crippen LogP contribution in [0.15, 0.2) is 18.2 Å². The second kappa shape index (κ2) is 14.8. The first-order valence-corrected chi connectivity index (χ1v) is 5.35. The molecule has 1 aromatic carbocycles. The molecular formula is C14H28Cl2. The molecule has 0 heterocycles. The molecule has 16 heavy (non-hydrogen) atoms. The van der Waals surface area contributed by atoms with Crippen molar-refractivity contribution < 1.29 is 0 Å². The molecule has 1 rings (SSSR count). The van der Waals surface area contributed by atoms with Gasteiger partial charge in [0.05, 0.1) is 10.0 Å². The van der Waals surface area contributed by atoms with Crippen LogP contribution in [-0.2, 0) is 6.42 Å². The average Bonchev–Trinajstić information content (AvgIpc) is 2.11. The van der Waals surface area contributed by atoms with E-state index < -0.39 is 0 Å². The summed E-state index contributed by atoms with van der Waals surface area (Å²) in [5.74, 6) is 0. The van der Waals surface area contributed by atoms with Crippen LogP contribution in [0.3, 0.4) is 0 Å². The third-order valence-corrected chi connectivity index (χ3v) is 2.27. The van der Waals surface area contributed by atoms with Gasteiger partial charge in [-0.15, -0.1) is 0 Å². The fourth-order valence-electron chi connectivity index (χ4n) is 0.822. The molecule has 0 radical (unpaired) electrons. The van der Waals surface area contributed by atoms with Crippen LogP contribution in [-0.4, -0.2) is 0 Å². The standard InChI is InChI=1S/C8H8Cl2.C3H8.3CH4/c1-2-6-4-3-5-7(9)8(6)10;1-3-2;;;/h3-5H,2H2,1H3;3H2,1-2H3;3*1H4. The maximum absolute atomic E-state index is 5.86. The maximum Gasteiger partial charge on any atom is 0.0624 e. The third kappa shape index (κ3) is 9.06. The Morgan fingerprint density at radius 3 is 1.69 bits per heavy atom. The maximum atomic E-state index is 5.86. The monoisotopic (exact) mass is 266 g/mol. The van der Waals surface area contributed by atoms with Crippen molar-refractivity contribution in [2.45, 2.75) is 55.9 Å². The van der Waals surface area contributed by atoms with Gasteiger partial charge in [-0.3, -0.25) is 0 Å². The van der Waals surface area contributed by atoms with Crippen molar-refractivity contribution in [1.82, 2.24) is 0 Å². The van der Waals surface area contributed by atoms with Crippen LogP contribution < -0.4 is 0 Å². The molecule has 0 spiro atoms. The van der Waals surface area contributed by atoms with Crippen molar-refractivity contribution in [2.75, 3.05) is 0 Å². The Morgan fingerprint density at radius 1 is 0.938 bits per heavy atom. The van der Waals surface area contributed by atoms with Crippen molar-refractivity contribution in [3.8, 4) is 0 Å². The van der Waals surface area contributed by atoms with E-state index in [0.29, 0.717) is 10.0 Å². The van der Waals surface area contributed by atoms with Gasteiger partial charge in [-0.25, -0.2) is 0 Å². The van der Waals surface area contributed by atoms with Gasteiger partial charge in [-0.1, -0.05) is 84.8 Å². The highest BCUT2D eigenvalue weighted by Gasteiger charge is 1.99. The summed E-state index contributed by atoms with van der Waals surface area (Å²) < 4.78 is 0. The topological polar surface area (TPSA) is 0 Å². The lowest BCUT2D eigenvalue weighted by atomic mass is 10.2. The van der Waals surface area contributed by atoms with Gasteiger partial charge in [0.1, 0.15) is 0 Å². The largest absolute Gasteiger partial charge is 0.0827 e. The highest BCUT2D eigenvalue weighted by atomic mass is 35.5. The van der Waals surface area contributed by atoms with Crippen molar-refractivity contribution >= 4 is 23.2 Å². The Morgan fingerprint density at radius 2 is 1.38 bits per heavy atom. The molecule has 0 aliphatic carbocycles. The van der Waals surface area contributed by atoms with E-state index in [1.54, 1.807) is 6.07 Å². The smallest absolute Gasteiger partial charge is 0.0624 e. The molecule has 2 heteroatoms. The van der Waals surface area contributed by atoms with E-state index in [0.717, 1.165) is 12.0 Å². The minimum atomic E-state index is 0. The summed E-state index contributed by atoms with van der Waals surface area (Å²) in [6, 6.07) is 5.68. The molecule has 0 amide bonds. The van der Waals surface area contributed by atoms with E-state index in [-0.39, 0.29) is 22.3 Å². The van der Waals surface area contributed by atoms with Crippen LogP contribution >= 0.6 is 23.2 Å². The molecule has 1 aromatic rings. The van der Waals surface area contributed by atoms with Gasteiger partial charge >= 0.3 is 0 Å². The number of hydrogen-bond donors (Lipinski definition) is 0. The molecule has 0 atom stereocenters. The Balaban J connectivity index is -0.000000109. The van der Waals surface area contributed by atoms with Gasteiger partial charge < -0.3 is 0 Å². The van der Waals surface area contributed by atoms with Crippen LogP contribution in [0.2, 0.25) is 10.0 Å². The van der Waals surface area contributed by atoms with E-state index in [1.807, 2.05) is 12.1 Å². The molecule has 0 bridgehead atoms. The van der Waals surface area contributed by atoms with Gasteiger partial charge in [0.2, 0.25) is 0 Å². The van der Waals surface area contributed by atoms with Gasteiger partial charge in [-0.05, 0) is 18.1 Å². The third-order valence-electron chi connectivity index (χ3n) is 1.41. The van der Waals surface area contributed by atoms with E-state index in [1.165, 1.54) is 6.42 Å². The number of rotatable bonds is 1. The quantitative estimate of drug-likeness (QED) is 0.520. The minimum absolute atomic E-state index is 0. The van der Waals surface area contributed by atoms with Crippen LogP contribution in [0.5, 0.6) is 0 Å². The zero-order valence-corrected chi connectivity index (χ0v) is 9.91. The minimum Gasteiger partial charge on any atom is -0.0827 e. The highest BCUT2D eigenvalue weighted by molar-refractivity contribution is 6.42. The summed E-state index contributed by atoms with van der Waals surface area (Å²) in [6.45, 7) is 6.30. The Kier molecular flexibility index (Phi) is 23.0. The average molecular weight is 267 g/mol. The molecule has 0 aromatic heterocycles. The Bertz CT molecular complexity index is 244. The molecule has 0 fully saturated rings. The van der Waals surface area contributed by atoms with Gasteiger partial charge in [0.15, 0.2) is 0 Å². The molecule has 0 aliphatic heterocycles. The summed E-state index contributed by atoms with van der Waals surface area (Å²) in [5.41, 5.74) is 1.11. The molecular weight excluding hydrogens is 239 g/mol. The van der Waals surface area contributed by atoms with Gasteiger partial charge in [0.25, 0.3) is 0 Å². The van der Waals surface area contributed by atoms with Crippen LogP contribution in [0.4, 0.5) is 0 Å². The first-order valence-electron chi connectivity index (χ1n) is 4.60. The lowest BCUT2D eigenvalue weighted by Gasteiger charge is -2.00. The van der Waals surface area contributed by atoms with Crippen molar-refractivity contribution in [3.63, 3.8) is 0 Å². The predicted octanol–water partition coefficient (Wildman–Crippen LogP) is 6.88. The fourth-order valence-corrected chi connectivity index (χ4v) is 1.28. The first kappa shape index (κ1) is 24.9. The van der Waals surface area contributed by atoms with Crippen LogP contribution in [0.25, 0.3) is 0 Å². The highest BCUT2D eigenvalue weighted by Crippen LogP contribution is 2.25. The summed E-state index contributed by atoms with van der Waals surface area (Å²) in [5, 5.41) is 1.33. The van der Waals surface area contributed by atoms with Gasteiger partial charge in [0, 0.05) is 0 Å². The zero-order valence-electron chi connectivity index (χ0n) is 8.40. The molecule has 0 saturated carbocycles. The first-order chi connectivity index (χ1) is 6.17. The number of aryl methyl sites for hydroxylation is 1. The predicted molar refractivity (Wildman–Crippen MR) is 82.0 cm³/mol. The summed E-state index contributed by atoms with van der Waals surface area (Å²) in [4.78, 5) is 0. The van der Waals surface area contributed by atoms with E-state index in [9.17, 15) is 0 Å². The second-order valence-corrected chi connectivity index (χ2v) is 3.56. The molecule has 0 aliphatic rings. The van der Waals surface area contributed by atoms with Crippen molar-refractivity contribution in [1.29, 1.82) is 0 Å². The van der Waals surface area contributed by atoms with E-state index >= 15 is 0 Å². The lowest BCUT2D eigenvalue weighted by molar-refractivity contribution is 1.09. The number of hydrogen-bond acceptors (Lipinski definition) is 0. The fraction of sp³-hybridized carbons (Fsp3) is 0.571. The molecule has 0 unspecified atom stereocenters. The molecule has 98 valence electrons. The SMILES string of the molecule is C.C.C.CCC.CCc1cccc(Cl)c1Cl.